The van der Waals surface area contributed by atoms with Crippen LogP contribution >= 0.6 is 0 Å². The quantitative estimate of drug-likeness (QED) is 0.724. The minimum absolute atomic E-state index is 0.102. The predicted molar refractivity (Wildman–Crippen MR) is 90.4 cm³/mol. The molecule has 0 aromatic rings. The SMILES string of the molecule is COC(=O)C1CC1C(=O)N1CCC2(CC1)CC2C(=O)N1CCCCC1. The Labute approximate surface area is 148 Å². The van der Waals surface area contributed by atoms with Gasteiger partial charge in [-0.05, 0) is 50.4 Å². The summed E-state index contributed by atoms with van der Waals surface area (Å²) in [6, 6.07) is 0. The normalized spacial score (nSPS) is 33.1. The monoisotopic (exact) mass is 348 g/mol. The van der Waals surface area contributed by atoms with Crippen molar-refractivity contribution in [2.24, 2.45) is 23.2 Å². The van der Waals surface area contributed by atoms with Crippen LogP contribution in [-0.2, 0) is 19.1 Å². The number of carbonyl (C=O) groups excluding carboxylic acids is 3. The highest BCUT2D eigenvalue weighted by atomic mass is 16.5. The summed E-state index contributed by atoms with van der Waals surface area (Å²) < 4.78 is 4.73. The number of piperidine rings is 2. The molecule has 4 rings (SSSR count). The van der Waals surface area contributed by atoms with Crippen LogP contribution in [0.4, 0.5) is 0 Å². The Morgan fingerprint density at radius 1 is 0.880 bits per heavy atom. The summed E-state index contributed by atoms with van der Waals surface area (Å²) in [6.45, 7) is 3.30. The first-order valence-electron chi connectivity index (χ1n) is 9.71. The van der Waals surface area contributed by atoms with Gasteiger partial charge in [0.1, 0.15) is 0 Å². The van der Waals surface area contributed by atoms with E-state index in [0.29, 0.717) is 12.3 Å². The van der Waals surface area contributed by atoms with Gasteiger partial charge in [0.05, 0.1) is 18.9 Å². The van der Waals surface area contributed by atoms with Crippen molar-refractivity contribution >= 4 is 17.8 Å². The highest BCUT2D eigenvalue weighted by molar-refractivity contribution is 5.90. The smallest absolute Gasteiger partial charge is 0.309 e. The number of esters is 1. The molecular weight excluding hydrogens is 320 g/mol. The second kappa shape index (κ2) is 6.29. The van der Waals surface area contributed by atoms with Gasteiger partial charge in [-0.2, -0.15) is 0 Å². The topological polar surface area (TPSA) is 66.9 Å². The molecule has 2 amide bonds. The van der Waals surface area contributed by atoms with Crippen LogP contribution < -0.4 is 0 Å². The minimum Gasteiger partial charge on any atom is -0.469 e. The van der Waals surface area contributed by atoms with Crippen molar-refractivity contribution in [3.63, 3.8) is 0 Å². The number of likely N-dealkylation sites (tertiary alicyclic amines) is 2. The lowest BCUT2D eigenvalue weighted by Crippen LogP contribution is -2.42. The van der Waals surface area contributed by atoms with Crippen LogP contribution in [-0.4, -0.2) is 60.9 Å². The minimum atomic E-state index is -0.263. The van der Waals surface area contributed by atoms with E-state index in [1.54, 1.807) is 0 Å². The highest BCUT2D eigenvalue weighted by Gasteiger charge is 2.60. The molecule has 4 fully saturated rings. The molecule has 2 aliphatic heterocycles. The molecule has 4 aliphatic rings. The third-order valence-corrected chi connectivity index (χ3v) is 6.84. The van der Waals surface area contributed by atoms with Gasteiger partial charge in [0, 0.05) is 32.1 Å². The Hall–Kier alpha value is -1.59. The van der Waals surface area contributed by atoms with E-state index in [0.717, 1.165) is 58.3 Å². The third kappa shape index (κ3) is 3.04. The van der Waals surface area contributed by atoms with Crippen molar-refractivity contribution in [1.29, 1.82) is 0 Å². The third-order valence-electron chi connectivity index (χ3n) is 6.84. The number of rotatable bonds is 3. The van der Waals surface area contributed by atoms with Gasteiger partial charge in [-0.1, -0.05) is 0 Å². The second-order valence-corrected chi connectivity index (χ2v) is 8.30. The number of amides is 2. The van der Waals surface area contributed by atoms with Gasteiger partial charge in [-0.25, -0.2) is 0 Å². The summed E-state index contributed by atoms with van der Waals surface area (Å²) >= 11 is 0. The van der Waals surface area contributed by atoms with Crippen molar-refractivity contribution in [2.75, 3.05) is 33.3 Å². The van der Waals surface area contributed by atoms with Crippen molar-refractivity contribution in [3.8, 4) is 0 Å². The average molecular weight is 348 g/mol. The largest absolute Gasteiger partial charge is 0.469 e. The van der Waals surface area contributed by atoms with Crippen LogP contribution in [0, 0.1) is 23.2 Å². The zero-order valence-electron chi connectivity index (χ0n) is 15.0. The molecule has 0 bridgehead atoms. The van der Waals surface area contributed by atoms with E-state index >= 15 is 0 Å². The molecular formula is C19H28N2O4. The predicted octanol–water partition coefficient (Wildman–Crippen LogP) is 1.44. The molecule has 2 saturated carbocycles. The number of nitrogens with zero attached hydrogens (tertiary/aromatic N) is 2. The first-order chi connectivity index (χ1) is 12.1. The lowest BCUT2D eigenvalue weighted by atomic mass is 9.90. The van der Waals surface area contributed by atoms with Crippen LogP contribution in [0.15, 0.2) is 0 Å². The molecule has 2 saturated heterocycles. The van der Waals surface area contributed by atoms with E-state index in [1.807, 2.05) is 4.90 Å². The molecule has 0 aromatic heterocycles. The van der Waals surface area contributed by atoms with E-state index in [2.05, 4.69) is 4.90 Å². The van der Waals surface area contributed by atoms with Crippen molar-refractivity contribution in [2.45, 2.75) is 44.9 Å². The van der Waals surface area contributed by atoms with Crippen LogP contribution in [0.2, 0.25) is 0 Å². The van der Waals surface area contributed by atoms with E-state index < -0.39 is 0 Å². The maximum atomic E-state index is 12.7. The average Bonchev–Trinajstić information content (AvgIpc) is 3.57. The zero-order chi connectivity index (χ0) is 17.6. The summed E-state index contributed by atoms with van der Waals surface area (Å²) in [7, 11) is 1.37. The van der Waals surface area contributed by atoms with Crippen LogP contribution in [0.3, 0.4) is 0 Å². The number of ether oxygens (including phenoxy) is 1. The first-order valence-corrected chi connectivity index (χ1v) is 9.71. The van der Waals surface area contributed by atoms with Crippen LogP contribution in [0.5, 0.6) is 0 Å². The lowest BCUT2D eigenvalue weighted by Gasteiger charge is -2.34. The molecule has 0 radical (unpaired) electrons. The Bertz CT molecular complexity index is 576. The standard InChI is InChI=1S/C19H28N2O4/c1-25-18(24)14-11-13(14)16(22)21-9-5-19(6-10-21)12-15(19)17(23)20-7-3-2-4-8-20/h13-15H,2-12H2,1H3. The molecule has 3 atom stereocenters. The Morgan fingerprint density at radius 3 is 2.16 bits per heavy atom. The number of hydrogen-bond donors (Lipinski definition) is 0. The summed E-state index contributed by atoms with van der Waals surface area (Å²) in [5.41, 5.74) is 0.149. The van der Waals surface area contributed by atoms with Gasteiger partial charge in [0.2, 0.25) is 11.8 Å². The molecule has 0 N–H and O–H groups in total. The Kier molecular flexibility index (Phi) is 4.24. The molecule has 6 nitrogen and oxygen atoms in total. The molecule has 2 aliphatic carbocycles. The van der Waals surface area contributed by atoms with Crippen LogP contribution in [0.25, 0.3) is 0 Å². The Morgan fingerprint density at radius 2 is 1.52 bits per heavy atom. The van der Waals surface area contributed by atoms with Crippen molar-refractivity contribution < 1.29 is 19.1 Å². The lowest BCUT2D eigenvalue weighted by molar-refractivity contribution is -0.145. The zero-order valence-corrected chi connectivity index (χ0v) is 15.0. The molecule has 25 heavy (non-hydrogen) atoms. The number of carbonyl (C=O) groups is 3. The van der Waals surface area contributed by atoms with Crippen molar-refractivity contribution in [3.05, 3.63) is 0 Å². The first kappa shape index (κ1) is 16.9. The highest BCUT2D eigenvalue weighted by Crippen LogP contribution is 2.60. The maximum Gasteiger partial charge on any atom is 0.309 e. The number of methoxy groups -OCH3 is 1. The fourth-order valence-corrected chi connectivity index (χ4v) is 4.87. The number of hydrogen-bond acceptors (Lipinski definition) is 4. The summed E-state index contributed by atoms with van der Waals surface area (Å²) in [5, 5.41) is 0. The van der Waals surface area contributed by atoms with Gasteiger partial charge >= 0.3 is 5.97 Å². The van der Waals surface area contributed by atoms with Crippen LogP contribution in [0.1, 0.15) is 44.9 Å². The molecule has 3 unspecified atom stereocenters. The molecule has 1 spiro atoms. The van der Waals surface area contributed by atoms with Gasteiger partial charge in [0.25, 0.3) is 0 Å². The maximum absolute atomic E-state index is 12.7. The fourth-order valence-electron chi connectivity index (χ4n) is 4.87. The molecule has 138 valence electrons. The fraction of sp³-hybridized carbons (Fsp3) is 0.842. The molecule has 0 aromatic carbocycles. The summed E-state index contributed by atoms with van der Waals surface area (Å²) in [4.78, 5) is 40.7. The van der Waals surface area contributed by atoms with Crippen molar-refractivity contribution in [1.82, 2.24) is 9.80 Å². The summed E-state index contributed by atoms with van der Waals surface area (Å²) in [6.07, 6.45) is 7.00. The van der Waals surface area contributed by atoms with E-state index in [-0.39, 0.29) is 35.0 Å². The summed E-state index contributed by atoms with van der Waals surface area (Å²) in [5.74, 6) is -0.0285. The van der Waals surface area contributed by atoms with Gasteiger partial charge in [-0.15, -0.1) is 0 Å². The molecule has 2 heterocycles. The van der Waals surface area contributed by atoms with E-state index in [4.69, 9.17) is 4.74 Å². The second-order valence-electron chi connectivity index (χ2n) is 8.30. The van der Waals surface area contributed by atoms with E-state index in [9.17, 15) is 14.4 Å². The van der Waals surface area contributed by atoms with Gasteiger partial charge in [0.15, 0.2) is 0 Å². The van der Waals surface area contributed by atoms with Gasteiger partial charge < -0.3 is 14.5 Å². The Balaban J connectivity index is 1.27. The van der Waals surface area contributed by atoms with Gasteiger partial charge in [-0.3, -0.25) is 14.4 Å². The van der Waals surface area contributed by atoms with E-state index in [1.165, 1.54) is 13.5 Å². The molecule has 6 heteroatoms.